The van der Waals surface area contributed by atoms with E-state index >= 15 is 0 Å². The van der Waals surface area contributed by atoms with Crippen LogP contribution in [0.1, 0.15) is 42.4 Å². The second kappa shape index (κ2) is 9.74. The highest BCUT2D eigenvalue weighted by molar-refractivity contribution is 7.19. The van der Waals surface area contributed by atoms with Gasteiger partial charge in [0.05, 0.1) is 9.80 Å². The first-order valence-corrected chi connectivity index (χ1v) is 12.3. The number of ether oxygens (including phenoxy) is 1. The Labute approximate surface area is 205 Å². The fraction of sp³-hybridized carbons (Fsp3) is 0.200. The van der Waals surface area contributed by atoms with Crippen molar-refractivity contribution in [3.8, 4) is 22.1 Å². The van der Waals surface area contributed by atoms with Crippen molar-refractivity contribution < 1.29 is 14.5 Å². The Bertz CT molecular complexity index is 1310. The Morgan fingerprint density at radius 3 is 2.38 bits per heavy atom. The lowest BCUT2D eigenvalue weighted by Crippen LogP contribution is -2.14. The molecule has 0 radical (unpaired) electrons. The van der Waals surface area contributed by atoms with Crippen LogP contribution in [0.5, 0.6) is 10.8 Å². The monoisotopic (exact) mass is 493 g/mol. The number of thiazole rings is 1. The summed E-state index contributed by atoms with van der Waals surface area (Å²) in [4.78, 5) is 27.9. The lowest BCUT2D eigenvalue weighted by molar-refractivity contribution is -0.380. The fourth-order valence-corrected chi connectivity index (χ4v) is 4.77. The number of amides is 1. The van der Waals surface area contributed by atoms with E-state index in [0.29, 0.717) is 21.6 Å². The SMILES string of the molecule is CCC(C)(C)c1ccc(-c2nc(NC(=O)c3ccc([N+](=O)[O-])s3)sc2Oc2ccccc2)cc1. The van der Waals surface area contributed by atoms with E-state index in [0.717, 1.165) is 23.3 Å². The molecule has 0 fully saturated rings. The van der Waals surface area contributed by atoms with Crippen molar-refractivity contribution in [3.05, 3.63) is 87.3 Å². The number of nitrogens with one attached hydrogen (secondary N) is 1. The molecule has 0 saturated heterocycles. The first-order chi connectivity index (χ1) is 16.3. The average Bonchev–Trinajstić information content (AvgIpc) is 3.48. The van der Waals surface area contributed by atoms with Crippen LogP contribution in [0.15, 0.2) is 66.7 Å². The molecule has 1 amide bonds. The van der Waals surface area contributed by atoms with Gasteiger partial charge in [-0.2, -0.15) is 0 Å². The number of benzene rings is 2. The molecule has 1 N–H and O–H groups in total. The molecule has 2 aromatic carbocycles. The van der Waals surface area contributed by atoms with E-state index < -0.39 is 10.8 Å². The number of hydrogen-bond acceptors (Lipinski definition) is 7. The van der Waals surface area contributed by atoms with Crippen molar-refractivity contribution in [2.24, 2.45) is 0 Å². The number of hydrogen-bond donors (Lipinski definition) is 1. The largest absolute Gasteiger partial charge is 0.444 e. The highest BCUT2D eigenvalue weighted by Crippen LogP contribution is 2.41. The minimum atomic E-state index is -0.516. The molecule has 4 aromatic rings. The van der Waals surface area contributed by atoms with Gasteiger partial charge in [0.1, 0.15) is 11.4 Å². The van der Waals surface area contributed by atoms with E-state index in [-0.39, 0.29) is 15.3 Å². The van der Waals surface area contributed by atoms with Gasteiger partial charge in [-0.05, 0) is 35.6 Å². The molecule has 0 atom stereocenters. The quantitative estimate of drug-likeness (QED) is 0.202. The Kier molecular flexibility index (Phi) is 6.76. The van der Waals surface area contributed by atoms with Gasteiger partial charge in [-0.3, -0.25) is 20.2 Å². The maximum absolute atomic E-state index is 12.7. The molecule has 9 heteroatoms. The average molecular weight is 494 g/mol. The number of carbonyl (C=O) groups excluding carboxylic acids is 1. The van der Waals surface area contributed by atoms with E-state index in [2.05, 4.69) is 43.2 Å². The third kappa shape index (κ3) is 5.16. The van der Waals surface area contributed by atoms with Gasteiger partial charge < -0.3 is 4.74 Å². The highest BCUT2D eigenvalue weighted by atomic mass is 32.1. The maximum Gasteiger partial charge on any atom is 0.324 e. The molecule has 174 valence electrons. The minimum Gasteiger partial charge on any atom is -0.444 e. The molecule has 0 unspecified atom stereocenters. The maximum atomic E-state index is 12.7. The van der Waals surface area contributed by atoms with Crippen molar-refractivity contribution in [2.45, 2.75) is 32.6 Å². The zero-order valence-corrected chi connectivity index (χ0v) is 20.5. The molecule has 0 aliphatic carbocycles. The summed E-state index contributed by atoms with van der Waals surface area (Å²) in [6.45, 7) is 6.58. The van der Waals surface area contributed by atoms with Crippen molar-refractivity contribution in [1.82, 2.24) is 4.98 Å². The number of anilines is 1. The molecule has 0 bridgehead atoms. The lowest BCUT2D eigenvalue weighted by Gasteiger charge is -2.23. The molecule has 2 heterocycles. The Morgan fingerprint density at radius 2 is 1.76 bits per heavy atom. The zero-order valence-electron chi connectivity index (χ0n) is 18.9. The van der Waals surface area contributed by atoms with Gasteiger partial charge in [0.2, 0.25) is 5.06 Å². The Hall–Kier alpha value is -3.56. The molecule has 0 aliphatic heterocycles. The first kappa shape index (κ1) is 23.6. The second-order valence-corrected chi connectivity index (χ2v) is 10.3. The van der Waals surface area contributed by atoms with Crippen molar-refractivity contribution in [3.63, 3.8) is 0 Å². The summed E-state index contributed by atoms with van der Waals surface area (Å²) in [5.41, 5.74) is 2.77. The van der Waals surface area contributed by atoms with Gasteiger partial charge in [0, 0.05) is 11.6 Å². The van der Waals surface area contributed by atoms with E-state index in [9.17, 15) is 14.9 Å². The molecular weight excluding hydrogens is 470 g/mol. The minimum absolute atomic E-state index is 0.0619. The summed E-state index contributed by atoms with van der Waals surface area (Å²) in [7, 11) is 0. The van der Waals surface area contributed by atoms with Crippen molar-refractivity contribution in [2.75, 3.05) is 5.32 Å². The third-order valence-electron chi connectivity index (χ3n) is 5.59. The van der Waals surface area contributed by atoms with Gasteiger partial charge in [-0.1, -0.05) is 85.9 Å². The number of nitro groups is 1. The van der Waals surface area contributed by atoms with Crippen LogP contribution in [0.2, 0.25) is 0 Å². The number of para-hydroxylation sites is 1. The number of aromatic nitrogens is 1. The lowest BCUT2D eigenvalue weighted by atomic mass is 9.82. The number of nitrogens with zero attached hydrogens (tertiary/aromatic N) is 2. The van der Waals surface area contributed by atoms with Crippen molar-refractivity contribution >= 4 is 38.7 Å². The van der Waals surface area contributed by atoms with Crippen LogP contribution < -0.4 is 10.1 Å². The molecule has 4 rings (SSSR count). The van der Waals surface area contributed by atoms with E-state index in [4.69, 9.17) is 4.74 Å². The van der Waals surface area contributed by atoms with Crippen LogP contribution in [-0.4, -0.2) is 15.8 Å². The number of rotatable bonds is 8. The van der Waals surface area contributed by atoms with Crippen LogP contribution in [0.4, 0.5) is 10.1 Å². The van der Waals surface area contributed by atoms with Crippen LogP contribution in [0.25, 0.3) is 11.3 Å². The second-order valence-electron chi connectivity index (χ2n) is 8.23. The van der Waals surface area contributed by atoms with E-state index in [1.54, 1.807) is 0 Å². The van der Waals surface area contributed by atoms with Gasteiger partial charge in [-0.25, -0.2) is 4.98 Å². The summed E-state index contributed by atoms with van der Waals surface area (Å²) in [6, 6.07) is 20.3. The Morgan fingerprint density at radius 1 is 1.06 bits per heavy atom. The highest BCUT2D eigenvalue weighted by Gasteiger charge is 2.22. The zero-order chi connectivity index (χ0) is 24.3. The molecule has 0 saturated carbocycles. The molecule has 0 spiro atoms. The summed E-state index contributed by atoms with van der Waals surface area (Å²) < 4.78 is 6.10. The van der Waals surface area contributed by atoms with Gasteiger partial charge in [0.15, 0.2) is 5.13 Å². The van der Waals surface area contributed by atoms with E-state index in [1.165, 1.54) is 29.0 Å². The number of thiophene rings is 1. The van der Waals surface area contributed by atoms with Crippen LogP contribution >= 0.6 is 22.7 Å². The summed E-state index contributed by atoms with van der Waals surface area (Å²) >= 11 is 2.02. The standard InChI is InChI=1S/C25H23N3O4S2/c1-4-25(2,3)17-12-10-16(11-13-17)21-23(32-18-8-6-5-7-9-18)34-24(26-21)27-22(29)19-14-15-20(33-19)28(30)31/h5-15H,4H2,1-3H3,(H,26,27,29). The summed E-state index contributed by atoms with van der Waals surface area (Å²) in [5.74, 6) is 0.201. The molecule has 2 aromatic heterocycles. The third-order valence-corrected chi connectivity index (χ3v) is 7.47. The predicted molar refractivity (Wildman–Crippen MR) is 136 cm³/mol. The molecular formula is C25H23N3O4S2. The molecule has 0 aliphatic rings. The topological polar surface area (TPSA) is 94.4 Å². The first-order valence-electron chi connectivity index (χ1n) is 10.7. The van der Waals surface area contributed by atoms with Gasteiger partial charge in [0.25, 0.3) is 5.91 Å². The van der Waals surface area contributed by atoms with Crippen LogP contribution in [-0.2, 0) is 5.41 Å². The smallest absolute Gasteiger partial charge is 0.324 e. The van der Waals surface area contributed by atoms with E-state index in [1.807, 2.05) is 42.5 Å². The van der Waals surface area contributed by atoms with Crippen molar-refractivity contribution in [1.29, 1.82) is 0 Å². The summed E-state index contributed by atoms with van der Waals surface area (Å²) in [6.07, 6.45) is 1.02. The normalized spacial score (nSPS) is 11.3. The fourth-order valence-electron chi connectivity index (χ4n) is 3.20. The predicted octanol–water partition coefficient (Wildman–Crippen LogP) is 7.51. The number of carbonyl (C=O) groups is 1. The molecule has 34 heavy (non-hydrogen) atoms. The molecule has 7 nitrogen and oxygen atoms in total. The van der Waals surface area contributed by atoms with Gasteiger partial charge in [-0.15, -0.1) is 0 Å². The van der Waals surface area contributed by atoms with Crippen LogP contribution in [0.3, 0.4) is 0 Å². The van der Waals surface area contributed by atoms with Gasteiger partial charge >= 0.3 is 5.00 Å². The van der Waals surface area contributed by atoms with Crippen LogP contribution in [0, 0.1) is 10.1 Å². The summed E-state index contributed by atoms with van der Waals surface area (Å²) in [5, 5.41) is 14.5. The Balaban J connectivity index is 1.65.